The highest BCUT2D eigenvalue weighted by Crippen LogP contribution is 2.12. The van der Waals surface area contributed by atoms with Gasteiger partial charge in [-0.05, 0) is 19.8 Å². The fraction of sp³-hybridized carbons (Fsp3) is 0.727. The van der Waals surface area contributed by atoms with E-state index in [-0.39, 0.29) is 22.9 Å². The molecule has 0 radical (unpaired) electrons. The summed E-state index contributed by atoms with van der Waals surface area (Å²) in [5.74, 6) is 0.897. The molecule has 1 aromatic heterocycles. The number of nitrogens with zero attached hydrogens (tertiary/aromatic N) is 2. The molecule has 5 nitrogen and oxygen atoms in total. The summed E-state index contributed by atoms with van der Waals surface area (Å²) >= 11 is 6.02. The van der Waals surface area contributed by atoms with E-state index in [1.807, 2.05) is 20.8 Å². The van der Waals surface area contributed by atoms with Crippen LogP contribution in [-0.4, -0.2) is 29.9 Å². The maximum Gasteiger partial charge on any atom is 0.259 e. The van der Waals surface area contributed by atoms with Gasteiger partial charge in [0.1, 0.15) is 5.82 Å². The van der Waals surface area contributed by atoms with Gasteiger partial charge in [-0.25, -0.2) is 18.1 Å². The van der Waals surface area contributed by atoms with Gasteiger partial charge in [0.2, 0.25) is 0 Å². The molecule has 0 aliphatic rings. The summed E-state index contributed by atoms with van der Waals surface area (Å²) in [6, 6.07) is 0. The van der Waals surface area contributed by atoms with Gasteiger partial charge in [-0.1, -0.05) is 13.8 Å². The first kappa shape index (κ1) is 15.5. The lowest BCUT2D eigenvalue weighted by Crippen LogP contribution is -2.32. The molecule has 7 heteroatoms. The van der Waals surface area contributed by atoms with E-state index < -0.39 is 10.0 Å². The van der Waals surface area contributed by atoms with Crippen molar-refractivity contribution < 1.29 is 8.42 Å². The molecule has 0 aromatic carbocycles. The zero-order valence-corrected chi connectivity index (χ0v) is 12.7. The van der Waals surface area contributed by atoms with Crippen LogP contribution in [0.15, 0.2) is 11.2 Å². The molecule has 0 saturated heterocycles. The monoisotopic (exact) mass is 293 g/mol. The molecule has 0 amide bonds. The molecule has 0 aliphatic carbocycles. The molecule has 0 spiro atoms. The van der Waals surface area contributed by atoms with Crippen LogP contribution < -0.4 is 4.72 Å². The normalized spacial score (nSPS) is 14.1. The highest BCUT2D eigenvalue weighted by atomic mass is 35.5. The molecular weight excluding hydrogens is 274 g/mol. The first-order chi connectivity index (χ1) is 8.27. The van der Waals surface area contributed by atoms with Gasteiger partial charge < -0.3 is 4.57 Å². The predicted molar refractivity (Wildman–Crippen MR) is 72.3 cm³/mol. The number of aromatic nitrogens is 2. The fourth-order valence-electron chi connectivity index (χ4n) is 1.43. The summed E-state index contributed by atoms with van der Waals surface area (Å²) in [7, 11) is -3.57. The minimum Gasteiger partial charge on any atom is -0.334 e. The molecule has 1 unspecified atom stereocenters. The molecule has 1 atom stereocenters. The Bertz CT molecular complexity index is 496. The summed E-state index contributed by atoms with van der Waals surface area (Å²) in [6.45, 7) is 8.51. The maximum atomic E-state index is 12.0. The highest BCUT2D eigenvalue weighted by molar-refractivity contribution is 7.89. The van der Waals surface area contributed by atoms with Gasteiger partial charge in [-0.3, -0.25) is 0 Å². The maximum absolute atomic E-state index is 12.0. The number of rotatable bonds is 6. The molecule has 18 heavy (non-hydrogen) atoms. The molecule has 104 valence electrons. The van der Waals surface area contributed by atoms with Gasteiger partial charge in [0, 0.05) is 24.7 Å². The Morgan fingerprint density at radius 3 is 2.56 bits per heavy atom. The first-order valence-electron chi connectivity index (χ1n) is 5.95. The van der Waals surface area contributed by atoms with Crippen molar-refractivity contribution in [2.45, 2.75) is 44.6 Å². The quantitative estimate of drug-likeness (QED) is 0.813. The largest absolute Gasteiger partial charge is 0.334 e. The highest BCUT2D eigenvalue weighted by Gasteiger charge is 2.20. The molecule has 0 fully saturated rings. The molecule has 1 N–H and O–H groups in total. The van der Waals surface area contributed by atoms with Gasteiger partial charge >= 0.3 is 0 Å². The van der Waals surface area contributed by atoms with Gasteiger partial charge in [-0.15, -0.1) is 11.6 Å². The molecule has 0 bridgehead atoms. The van der Waals surface area contributed by atoms with Crippen molar-refractivity contribution in [3.8, 4) is 0 Å². The Kier molecular flexibility index (Phi) is 5.19. The Morgan fingerprint density at radius 2 is 2.11 bits per heavy atom. The number of nitrogens with one attached hydrogen (secondary N) is 1. The van der Waals surface area contributed by atoms with Crippen LogP contribution in [0.4, 0.5) is 0 Å². The van der Waals surface area contributed by atoms with Crippen molar-refractivity contribution in [2.24, 2.45) is 5.92 Å². The lowest BCUT2D eigenvalue weighted by atomic mass is 10.1. The van der Waals surface area contributed by atoms with Crippen molar-refractivity contribution in [2.75, 3.05) is 6.54 Å². The molecule has 1 rings (SSSR count). The number of halogens is 1. The second kappa shape index (κ2) is 6.04. The van der Waals surface area contributed by atoms with E-state index in [0.29, 0.717) is 12.4 Å². The van der Waals surface area contributed by atoms with Crippen LogP contribution in [0, 0.1) is 12.8 Å². The zero-order chi connectivity index (χ0) is 13.9. The number of imidazole rings is 1. The minimum atomic E-state index is -3.57. The van der Waals surface area contributed by atoms with Crippen molar-refractivity contribution in [3.05, 3.63) is 12.0 Å². The number of hydrogen-bond acceptors (Lipinski definition) is 3. The summed E-state index contributed by atoms with van der Waals surface area (Å²) in [6.07, 6.45) is 1.54. The molecule has 1 heterocycles. The second-order valence-electron chi connectivity index (χ2n) is 4.52. The first-order valence-corrected chi connectivity index (χ1v) is 7.87. The fourth-order valence-corrected chi connectivity index (χ4v) is 2.66. The Balaban J connectivity index is 2.80. The Morgan fingerprint density at radius 1 is 1.50 bits per heavy atom. The Labute approximate surface area is 114 Å². The van der Waals surface area contributed by atoms with Gasteiger partial charge in [0.25, 0.3) is 10.0 Å². The zero-order valence-electron chi connectivity index (χ0n) is 11.1. The average Bonchev–Trinajstić information content (AvgIpc) is 2.68. The van der Waals surface area contributed by atoms with E-state index in [0.717, 1.165) is 0 Å². The topological polar surface area (TPSA) is 64.0 Å². The summed E-state index contributed by atoms with van der Waals surface area (Å²) in [5, 5.41) is -0.177. The number of sulfonamides is 1. The lowest BCUT2D eigenvalue weighted by molar-refractivity contribution is 0.554. The van der Waals surface area contributed by atoms with E-state index in [4.69, 9.17) is 11.6 Å². The van der Waals surface area contributed by atoms with Crippen LogP contribution in [0.3, 0.4) is 0 Å². The number of hydrogen-bond donors (Lipinski definition) is 1. The standard InChI is InChI=1S/C11H20ClN3O2S/c1-5-15-7-11(14-9(15)4)18(16,17)13-6-10(12)8(2)3/h7-8,10,13H,5-6H2,1-4H3. The van der Waals surface area contributed by atoms with Crippen LogP contribution >= 0.6 is 11.6 Å². The van der Waals surface area contributed by atoms with E-state index in [1.165, 1.54) is 6.20 Å². The van der Waals surface area contributed by atoms with Crippen LogP contribution in [0.25, 0.3) is 0 Å². The van der Waals surface area contributed by atoms with E-state index >= 15 is 0 Å². The van der Waals surface area contributed by atoms with Gasteiger partial charge in [-0.2, -0.15) is 0 Å². The lowest BCUT2D eigenvalue weighted by Gasteiger charge is -2.13. The summed E-state index contributed by atoms with van der Waals surface area (Å²) < 4.78 is 28.3. The summed E-state index contributed by atoms with van der Waals surface area (Å²) in [4.78, 5) is 4.05. The second-order valence-corrected chi connectivity index (χ2v) is 6.80. The van der Waals surface area contributed by atoms with Gasteiger partial charge in [0.05, 0.1) is 0 Å². The molecule has 0 saturated carbocycles. The SMILES string of the molecule is CCn1cc(S(=O)(=O)NCC(Cl)C(C)C)nc1C. The predicted octanol–water partition coefficient (Wildman–Crippen LogP) is 1.75. The Hall–Kier alpha value is -0.590. The number of aryl methyl sites for hydroxylation is 2. The van der Waals surface area contributed by atoms with Crippen LogP contribution in [0.1, 0.15) is 26.6 Å². The summed E-state index contributed by atoms with van der Waals surface area (Å²) in [5.41, 5.74) is 0. The smallest absolute Gasteiger partial charge is 0.259 e. The van der Waals surface area contributed by atoms with Crippen LogP contribution in [-0.2, 0) is 16.6 Å². The average molecular weight is 294 g/mol. The van der Waals surface area contributed by atoms with E-state index in [9.17, 15) is 8.42 Å². The molecular formula is C11H20ClN3O2S. The third-order valence-electron chi connectivity index (χ3n) is 2.76. The van der Waals surface area contributed by atoms with Crippen LogP contribution in [0.5, 0.6) is 0 Å². The molecule has 0 aliphatic heterocycles. The minimum absolute atomic E-state index is 0.0504. The van der Waals surface area contributed by atoms with Gasteiger partial charge in [0.15, 0.2) is 5.03 Å². The third-order valence-corrected chi connectivity index (χ3v) is 4.71. The van der Waals surface area contributed by atoms with E-state index in [1.54, 1.807) is 11.5 Å². The van der Waals surface area contributed by atoms with Crippen LogP contribution in [0.2, 0.25) is 0 Å². The van der Waals surface area contributed by atoms with Crippen molar-refractivity contribution in [1.29, 1.82) is 0 Å². The van der Waals surface area contributed by atoms with Crippen molar-refractivity contribution >= 4 is 21.6 Å². The number of alkyl halides is 1. The third kappa shape index (κ3) is 3.70. The molecule has 1 aromatic rings. The van der Waals surface area contributed by atoms with E-state index in [2.05, 4.69) is 9.71 Å². The van der Waals surface area contributed by atoms with Crippen molar-refractivity contribution in [3.63, 3.8) is 0 Å². The van der Waals surface area contributed by atoms with Crippen molar-refractivity contribution in [1.82, 2.24) is 14.3 Å².